The SMILES string of the molecule is CCOc1cc2c(cc1CNC(=O)C[C@@H]1C=CCC1)O[C@@H](C)C2. The van der Waals surface area contributed by atoms with Crippen LogP contribution in [0.2, 0.25) is 0 Å². The van der Waals surface area contributed by atoms with Crippen molar-refractivity contribution in [3.63, 3.8) is 0 Å². The minimum Gasteiger partial charge on any atom is -0.494 e. The van der Waals surface area contributed by atoms with Crippen LogP contribution in [0.5, 0.6) is 11.5 Å². The molecule has 1 aliphatic carbocycles. The molecule has 3 rings (SSSR count). The third-order valence-electron chi connectivity index (χ3n) is 4.41. The van der Waals surface area contributed by atoms with Crippen molar-refractivity contribution >= 4 is 5.91 Å². The lowest BCUT2D eigenvalue weighted by Gasteiger charge is -2.14. The van der Waals surface area contributed by atoms with Crippen LogP contribution in [-0.4, -0.2) is 18.6 Å². The van der Waals surface area contributed by atoms with Gasteiger partial charge in [-0.1, -0.05) is 12.2 Å². The third-order valence-corrected chi connectivity index (χ3v) is 4.41. The highest BCUT2D eigenvalue weighted by Crippen LogP contribution is 2.35. The predicted molar refractivity (Wildman–Crippen MR) is 89.7 cm³/mol. The van der Waals surface area contributed by atoms with Gasteiger partial charge in [0.2, 0.25) is 5.91 Å². The fourth-order valence-corrected chi connectivity index (χ4v) is 3.28. The zero-order chi connectivity index (χ0) is 16.2. The molecule has 2 atom stereocenters. The van der Waals surface area contributed by atoms with Crippen LogP contribution in [-0.2, 0) is 17.8 Å². The number of carbonyl (C=O) groups is 1. The molecule has 1 heterocycles. The monoisotopic (exact) mass is 315 g/mol. The molecule has 1 aliphatic heterocycles. The van der Waals surface area contributed by atoms with Crippen LogP contribution in [0.1, 0.15) is 44.2 Å². The Morgan fingerprint density at radius 1 is 1.43 bits per heavy atom. The fourth-order valence-electron chi connectivity index (χ4n) is 3.28. The maximum atomic E-state index is 12.1. The van der Waals surface area contributed by atoms with Crippen LogP contribution in [0.25, 0.3) is 0 Å². The van der Waals surface area contributed by atoms with Gasteiger partial charge in [0.15, 0.2) is 0 Å². The van der Waals surface area contributed by atoms with Crippen LogP contribution in [0.3, 0.4) is 0 Å². The number of carbonyl (C=O) groups excluding carboxylic acids is 1. The van der Waals surface area contributed by atoms with Crippen molar-refractivity contribution < 1.29 is 14.3 Å². The summed E-state index contributed by atoms with van der Waals surface area (Å²) in [7, 11) is 0. The maximum absolute atomic E-state index is 12.1. The lowest BCUT2D eigenvalue weighted by molar-refractivity contribution is -0.121. The van der Waals surface area contributed by atoms with E-state index in [-0.39, 0.29) is 12.0 Å². The molecule has 0 unspecified atom stereocenters. The standard InChI is InChI=1S/C19H25NO3/c1-3-22-17-10-15-8-13(2)23-18(15)11-16(17)12-20-19(21)9-14-6-4-5-7-14/h4,6,10-11,13-14H,3,5,7-9,12H2,1-2H3,(H,20,21)/t13-,14+/m0/s1. The number of amides is 1. The van der Waals surface area contributed by atoms with Gasteiger partial charge in [-0.15, -0.1) is 0 Å². The molecule has 0 bridgehead atoms. The fraction of sp³-hybridized carbons (Fsp3) is 0.526. The van der Waals surface area contributed by atoms with Crippen LogP contribution >= 0.6 is 0 Å². The molecule has 4 nitrogen and oxygen atoms in total. The van der Waals surface area contributed by atoms with E-state index in [9.17, 15) is 4.79 Å². The topological polar surface area (TPSA) is 47.6 Å². The third kappa shape index (κ3) is 3.87. The first-order valence-electron chi connectivity index (χ1n) is 8.54. The number of allylic oxidation sites excluding steroid dienone is 2. The van der Waals surface area contributed by atoms with Crippen molar-refractivity contribution in [2.45, 2.75) is 52.2 Å². The Morgan fingerprint density at radius 2 is 2.30 bits per heavy atom. The summed E-state index contributed by atoms with van der Waals surface area (Å²) in [6.07, 6.45) is 8.17. The van der Waals surface area contributed by atoms with Crippen LogP contribution in [0.15, 0.2) is 24.3 Å². The van der Waals surface area contributed by atoms with E-state index in [2.05, 4.69) is 30.5 Å². The van der Waals surface area contributed by atoms with Crippen LogP contribution in [0, 0.1) is 5.92 Å². The van der Waals surface area contributed by atoms with Gasteiger partial charge in [-0.2, -0.15) is 0 Å². The van der Waals surface area contributed by atoms with E-state index in [1.807, 2.05) is 13.0 Å². The molecule has 2 aliphatic rings. The first-order valence-corrected chi connectivity index (χ1v) is 8.54. The van der Waals surface area contributed by atoms with E-state index >= 15 is 0 Å². The summed E-state index contributed by atoms with van der Waals surface area (Å²) in [6.45, 7) is 5.14. The Kier molecular flexibility index (Phi) is 4.89. The van der Waals surface area contributed by atoms with E-state index in [4.69, 9.17) is 9.47 Å². The first kappa shape index (κ1) is 15.9. The van der Waals surface area contributed by atoms with Gasteiger partial charge < -0.3 is 14.8 Å². The smallest absolute Gasteiger partial charge is 0.220 e. The van der Waals surface area contributed by atoms with Gasteiger partial charge in [-0.05, 0) is 44.7 Å². The van der Waals surface area contributed by atoms with E-state index in [0.29, 0.717) is 25.5 Å². The molecule has 4 heteroatoms. The predicted octanol–water partition coefficient (Wildman–Crippen LogP) is 3.38. The molecule has 124 valence electrons. The summed E-state index contributed by atoms with van der Waals surface area (Å²) in [6, 6.07) is 4.07. The molecule has 0 saturated heterocycles. The zero-order valence-electron chi connectivity index (χ0n) is 13.9. The maximum Gasteiger partial charge on any atom is 0.220 e. The van der Waals surface area contributed by atoms with Gasteiger partial charge in [0, 0.05) is 30.5 Å². The normalized spacial score (nSPS) is 21.8. The molecule has 1 amide bonds. The minimum absolute atomic E-state index is 0.0961. The van der Waals surface area contributed by atoms with Crippen molar-refractivity contribution in [3.05, 3.63) is 35.4 Å². The number of benzene rings is 1. The van der Waals surface area contributed by atoms with E-state index in [0.717, 1.165) is 36.3 Å². The van der Waals surface area contributed by atoms with Crippen molar-refractivity contribution in [2.75, 3.05) is 6.61 Å². The second kappa shape index (κ2) is 7.07. The number of fused-ring (bicyclic) bond motifs is 1. The quantitative estimate of drug-likeness (QED) is 0.819. The zero-order valence-corrected chi connectivity index (χ0v) is 13.9. The number of hydrogen-bond acceptors (Lipinski definition) is 3. The summed E-state index contributed by atoms with van der Waals surface area (Å²) in [5.41, 5.74) is 2.17. The molecule has 0 fully saturated rings. The lowest BCUT2D eigenvalue weighted by atomic mass is 10.0. The molecular formula is C19H25NO3. The summed E-state index contributed by atoms with van der Waals surface area (Å²) in [4.78, 5) is 12.1. The Morgan fingerprint density at radius 3 is 3.04 bits per heavy atom. The highest BCUT2D eigenvalue weighted by Gasteiger charge is 2.22. The number of nitrogens with one attached hydrogen (secondary N) is 1. The Hall–Kier alpha value is -1.97. The van der Waals surface area contributed by atoms with Crippen LogP contribution in [0.4, 0.5) is 0 Å². The molecule has 0 spiro atoms. The van der Waals surface area contributed by atoms with Crippen molar-refractivity contribution in [1.82, 2.24) is 5.32 Å². The molecule has 0 radical (unpaired) electrons. The molecule has 23 heavy (non-hydrogen) atoms. The average molecular weight is 315 g/mol. The minimum atomic E-state index is 0.0961. The second-order valence-corrected chi connectivity index (χ2v) is 6.38. The van der Waals surface area contributed by atoms with E-state index in [1.54, 1.807) is 0 Å². The summed E-state index contributed by atoms with van der Waals surface area (Å²) in [5.74, 6) is 2.26. The number of hydrogen-bond donors (Lipinski definition) is 1. The number of rotatable bonds is 6. The van der Waals surface area contributed by atoms with Crippen molar-refractivity contribution in [2.24, 2.45) is 5.92 Å². The van der Waals surface area contributed by atoms with Gasteiger partial charge in [-0.25, -0.2) is 0 Å². The van der Waals surface area contributed by atoms with Gasteiger partial charge in [-0.3, -0.25) is 4.79 Å². The largest absolute Gasteiger partial charge is 0.494 e. The second-order valence-electron chi connectivity index (χ2n) is 6.38. The summed E-state index contributed by atoms with van der Waals surface area (Å²) >= 11 is 0. The molecular weight excluding hydrogens is 290 g/mol. The summed E-state index contributed by atoms with van der Waals surface area (Å²) < 4.78 is 11.6. The molecule has 1 aromatic rings. The van der Waals surface area contributed by atoms with Crippen LogP contribution < -0.4 is 14.8 Å². The van der Waals surface area contributed by atoms with Gasteiger partial charge in [0.05, 0.1) is 6.61 Å². The van der Waals surface area contributed by atoms with E-state index < -0.39 is 0 Å². The van der Waals surface area contributed by atoms with E-state index in [1.165, 1.54) is 5.56 Å². The molecule has 1 N–H and O–H groups in total. The highest BCUT2D eigenvalue weighted by atomic mass is 16.5. The van der Waals surface area contributed by atoms with Crippen molar-refractivity contribution in [3.8, 4) is 11.5 Å². The number of ether oxygens (including phenoxy) is 2. The molecule has 0 saturated carbocycles. The Labute approximate surface area is 137 Å². The Balaban J connectivity index is 1.65. The highest BCUT2D eigenvalue weighted by molar-refractivity contribution is 5.76. The Bertz CT molecular complexity index is 609. The van der Waals surface area contributed by atoms with Crippen molar-refractivity contribution in [1.29, 1.82) is 0 Å². The van der Waals surface area contributed by atoms with Gasteiger partial charge >= 0.3 is 0 Å². The summed E-state index contributed by atoms with van der Waals surface area (Å²) in [5, 5.41) is 3.02. The average Bonchev–Trinajstić information content (AvgIpc) is 3.13. The molecule has 0 aromatic heterocycles. The lowest BCUT2D eigenvalue weighted by Crippen LogP contribution is -2.24. The molecule has 1 aromatic carbocycles. The van der Waals surface area contributed by atoms with Gasteiger partial charge in [0.1, 0.15) is 17.6 Å². The first-order chi connectivity index (χ1) is 11.2. The van der Waals surface area contributed by atoms with Gasteiger partial charge in [0.25, 0.3) is 0 Å².